The summed E-state index contributed by atoms with van der Waals surface area (Å²) >= 11 is 2.26. The second-order valence-electron chi connectivity index (χ2n) is 12.9. The second-order valence-corrected chi connectivity index (χ2v) is 14.1. The minimum Gasteiger partial charge on any atom is -0.488 e. The van der Waals surface area contributed by atoms with Crippen LogP contribution >= 0.6 is 22.6 Å². The standard InChI is InChI=1S/C45H41IN2O5/c1-32(2)40-26-41(43(52-30-35-14-8-4-9-15-35)27-42(40)51-29-34-12-6-3-7-13-34)45(50)48(39-24-22-38(46)23-25-39)28-33-18-20-37(21-19-33)44(49)47-53-31-36-16-10-5-11-17-36/h3-27,32H,28-31H2,1-2H3,(H,47,49). The van der Waals surface area contributed by atoms with Crippen molar-refractivity contribution in [3.8, 4) is 11.5 Å². The first-order chi connectivity index (χ1) is 25.8. The number of rotatable bonds is 15. The number of hydrogen-bond acceptors (Lipinski definition) is 5. The fourth-order valence-corrected chi connectivity index (χ4v) is 6.08. The highest BCUT2D eigenvalue weighted by atomic mass is 127. The Kier molecular flexibility index (Phi) is 12.9. The van der Waals surface area contributed by atoms with Crippen LogP contribution in [0.3, 0.4) is 0 Å². The zero-order valence-electron chi connectivity index (χ0n) is 29.7. The molecule has 1 N–H and O–H groups in total. The van der Waals surface area contributed by atoms with Crippen LogP contribution in [-0.2, 0) is 31.2 Å². The van der Waals surface area contributed by atoms with E-state index in [2.05, 4.69) is 41.9 Å². The van der Waals surface area contributed by atoms with Crippen LogP contribution in [0.4, 0.5) is 5.69 Å². The van der Waals surface area contributed by atoms with E-state index in [4.69, 9.17) is 14.3 Å². The maximum atomic E-state index is 14.9. The third-order valence-electron chi connectivity index (χ3n) is 8.63. The first-order valence-corrected chi connectivity index (χ1v) is 18.6. The van der Waals surface area contributed by atoms with Crippen molar-refractivity contribution in [1.29, 1.82) is 0 Å². The van der Waals surface area contributed by atoms with Crippen LogP contribution in [0, 0.1) is 3.57 Å². The Hall–Kier alpha value is -5.45. The quantitative estimate of drug-likeness (QED) is 0.0825. The van der Waals surface area contributed by atoms with Crippen LogP contribution in [0.5, 0.6) is 11.5 Å². The Morgan fingerprint density at radius 2 is 1.15 bits per heavy atom. The van der Waals surface area contributed by atoms with Gasteiger partial charge in [-0.2, -0.15) is 0 Å². The van der Waals surface area contributed by atoms with Gasteiger partial charge in [-0.25, -0.2) is 5.48 Å². The number of amides is 2. The SMILES string of the molecule is CC(C)c1cc(C(=O)N(Cc2ccc(C(=O)NOCc3ccccc3)cc2)c2ccc(I)cc2)c(OCc2ccccc2)cc1OCc1ccccc1. The second kappa shape index (κ2) is 18.3. The van der Waals surface area contributed by atoms with Gasteiger partial charge in [-0.05, 0) is 98.8 Å². The first kappa shape index (κ1) is 37.3. The Bertz CT molecular complexity index is 2090. The fourth-order valence-electron chi connectivity index (χ4n) is 5.72. The molecular weight excluding hydrogens is 775 g/mol. The first-order valence-electron chi connectivity index (χ1n) is 17.5. The number of benzene rings is 6. The van der Waals surface area contributed by atoms with Crippen LogP contribution in [0.1, 0.15) is 68.3 Å². The highest BCUT2D eigenvalue weighted by Crippen LogP contribution is 2.36. The molecule has 6 aromatic carbocycles. The van der Waals surface area contributed by atoms with E-state index in [0.717, 1.165) is 37.1 Å². The molecule has 2 amide bonds. The molecule has 0 spiro atoms. The van der Waals surface area contributed by atoms with E-state index in [9.17, 15) is 9.59 Å². The van der Waals surface area contributed by atoms with E-state index < -0.39 is 0 Å². The van der Waals surface area contributed by atoms with Crippen LogP contribution < -0.4 is 19.9 Å². The van der Waals surface area contributed by atoms with Crippen molar-refractivity contribution in [3.63, 3.8) is 0 Å². The van der Waals surface area contributed by atoms with Crippen LogP contribution in [0.15, 0.2) is 152 Å². The fraction of sp³-hybridized carbons (Fsp3) is 0.156. The van der Waals surface area contributed by atoms with E-state index in [1.807, 2.05) is 140 Å². The largest absolute Gasteiger partial charge is 0.488 e. The summed E-state index contributed by atoms with van der Waals surface area (Å²) in [4.78, 5) is 34.9. The summed E-state index contributed by atoms with van der Waals surface area (Å²) in [7, 11) is 0. The van der Waals surface area contributed by atoms with Crippen molar-refractivity contribution < 1.29 is 23.9 Å². The molecule has 0 bridgehead atoms. The summed E-state index contributed by atoms with van der Waals surface area (Å²) in [5.41, 5.74) is 8.85. The lowest BCUT2D eigenvalue weighted by Crippen LogP contribution is -2.31. The molecule has 6 aromatic rings. The van der Waals surface area contributed by atoms with E-state index in [0.29, 0.717) is 29.2 Å². The molecule has 0 radical (unpaired) electrons. The van der Waals surface area contributed by atoms with Gasteiger partial charge in [-0.3, -0.25) is 14.4 Å². The van der Waals surface area contributed by atoms with Gasteiger partial charge in [0.2, 0.25) is 0 Å². The zero-order chi connectivity index (χ0) is 37.0. The van der Waals surface area contributed by atoms with E-state index in [1.165, 1.54) is 0 Å². The Morgan fingerprint density at radius 3 is 1.70 bits per heavy atom. The predicted octanol–water partition coefficient (Wildman–Crippen LogP) is 10.3. The van der Waals surface area contributed by atoms with Crippen LogP contribution in [0.25, 0.3) is 0 Å². The molecule has 0 aliphatic carbocycles. The number of nitrogens with zero attached hydrogens (tertiary/aromatic N) is 1. The van der Waals surface area contributed by atoms with Crippen molar-refractivity contribution in [2.24, 2.45) is 0 Å². The van der Waals surface area contributed by atoms with Gasteiger partial charge in [-0.1, -0.05) is 117 Å². The molecule has 0 heterocycles. The van der Waals surface area contributed by atoms with Crippen molar-refractivity contribution in [3.05, 3.63) is 194 Å². The van der Waals surface area contributed by atoms with Gasteiger partial charge in [0, 0.05) is 20.9 Å². The predicted molar refractivity (Wildman–Crippen MR) is 217 cm³/mol. The van der Waals surface area contributed by atoms with Gasteiger partial charge in [0.25, 0.3) is 11.8 Å². The molecule has 0 atom stereocenters. The summed E-state index contributed by atoms with van der Waals surface area (Å²) in [6.07, 6.45) is 0. The van der Waals surface area contributed by atoms with Crippen molar-refractivity contribution in [2.45, 2.75) is 46.1 Å². The van der Waals surface area contributed by atoms with Crippen molar-refractivity contribution in [1.82, 2.24) is 5.48 Å². The highest BCUT2D eigenvalue weighted by molar-refractivity contribution is 14.1. The van der Waals surface area contributed by atoms with Gasteiger partial charge < -0.3 is 14.4 Å². The van der Waals surface area contributed by atoms with Crippen LogP contribution in [-0.4, -0.2) is 11.8 Å². The lowest BCUT2D eigenvalue weighted by atomic mass is 9.97. The number of hydroxylamine groups is 1. The Morgan fingerprint density at radius 1 is 0.623 bits per heavy atom. The maximum Gasteiger partial charge on any atom is 0.274 e. The third-order valence-corrected chi connectivity index (χ3v) is 9.34. The number of carbonyl (C=O) groups is 2. The molecule has 53 heavy (non-hydrogen) atoms. The summed E-state index contributed by atoms with van der Waals surface area (Å²) in [5.74, 6) is 0.601. The average molecular weight is 817 g/mol. The molecule has 0 aliphatic heterocycles. The summed E-state index contributed by atoms with van der Waals surface area (Å²) in [6, 6.07) is 48.3. The Labute approximate surface area is 324 Å². The van der Waals surface area contributed by atoms with Crippen molar-refractivity contribution >= 4 is 40.1 Å². The molecule has 268 valence electrons. The van der Waals surface area contributed by atoms with Gasteiger partial charge in [0.15, 0.2) is 0 Å². The monoisotopic (exact) mass is 816 g/mol. The van der Waals surface area contributed by atoms with E-state index >= 15 is 0 Å². The van der Waals surface area contributed by atoms with E-state index in [-0.39, 0.29) is 37.5 Å². The molecular formula is C45H41IN2O5. The summed E-state index contributed by atoms with van der Waals surface area (Å²) in [5, 5.41) is 0. The molecule has 8 heteroatoms. The van der Waals surface area contributed by atoms with Gasteiger partial charge in [0.1, 0.15) is 24.7 Å². The minimum absolute atomic E-state index is 0.0672. The molecule has 7 nitrogen and oxygen atoms in total. The molecule has 0 saturated heterocycles. The molecule has 0 saturated carbocycles. The molecule has 0 unspecified atom stereocenters. The normalized spacial score (nSPS) is 10.9. The van der Waals surface area contributed by atoms with Gasteiger partial charge >= 0.3 is 0 Å². The summed E-state index contributed by atoms with van der Waals surface area (Å²) < 4.78 is 13.9. The molecule has 0 fully saturated rings. The van der Waals surface area contributed by atoms with Gasteiger partial charge in [-0.15, -0.1) is 0 Å². The highest BCUT2D eigenvalue weighted by Gasteiger charge is 2.26. The third kappa shape index (κ3) is 10.3. The van der Waals surface area contributed by atoms with Crippen molar-refractivity contribution in [2.75, 3.05) is 4.90 Å². The number of hydrogen-bond donors (Lipinski definition) is 1. The van der Waals surface area contributed by atoms with E-state index in [1.54, 1.807) is 17.0 Å². The van der Waals surface area contributed by atoms with Crippen LogP contribution in [0.2, 0.25) is 0 Å². The van der Waals surface area contributed by atoms with Gasteiger partial charge in [0.05, 0.1) is 18.7 Å². The summed E-state index contributed by atoms with van der Waals surface area (Å²) in [6.45, 7) is 5.35. The molecule has 0 aliphatic rings. The molecule has 0 aromatic heterocycles. The number of ether oxygens (including phenoxy) is 2. The number of halogens is 1. The average Bonchev–Trinajstić information content (AvgIpc) is 3.19. The number of nitrogens with one attached hydrogen (secondary N) is 1. The molecule has 6 rings (SSSR count). The smallest absolute Gasteiger partial charge is 0.274 e. The Balaban J connectivity index is 1.29. The lowest BCUT2D eigenvalue weighted by Gasteiger charge is -2.26. The maximum absolute atomic E-state index is 14.9. The zero-order valence-corrected chi connectivity index (χ0v) is 31.9. The number of anilines is 1. The minimum atomic E-state index is -0.353. The lowest BCUT2D eigenvalue weighted by molar-refractivity contribution is 0.0233. The number of carbonyl (C=O) groups excluding carboxylic acids is 2. The topological polar surface area (TPSA) is 77.1 Å².